The molecule has 0 aliphatic heterocycles. The molecule has 1 atom stereocenters. The molecule has 0 fully saturated rings. The molecule has 1 aromatic rings. The average Bonchev–Trinajstić information content (AvgIpc) is 2.14. The first-order valence-corrected chi connectivity index (χ1v) is 5.15. The fourth-order valence-electron chi connectivity index (χ4n) is 1.01. The normalized spacial score (nSPS) is 13.2. The van der Waals surface area contributed by atoms with Gasteiger partial charge in [-0.05, 0) is 5.56 Å². The third kappa shape index (κ3) is 3.62. The summed E-state index contributed by atoms with van der Waals surface area (Å²) in [4.78, 5) is 10.6. The molecule has 0 saturated heterocycles. The van der Waals surface area contributed by atoms with E-state index in [-0.39, 0.29) is 5.56 Å². The predicted octanol–water partition coefficient (Wildman–Crippen LogP) is 2.05. The molecule has 0 amide bonds. The van der Waals surface area contributed by atoms with Gasteiger partial charge in [0.15, 0.2) is 6.04 Å². The van der Waals surface area contributed by atoms with E-state index < -0.39 is 22.5 Å². The highest BCUT2D eigenvalue weighted by Crippen LogP contribution is 2.20. The molecule has 1 aromatic carbocycles. The van der Waals surface area contributed by atoms with Crippen LogP contribution in [-0.2, 0) is 15.3 Å². The Morgan fingerprint density at radius 2 is 1.87 bits per heavy atom. The average molecular weight is 235 g/mol. The van der Waals surface area contributed by atoms with E-state index in [0.29, 0.717) is 0 Å². The number of rotatable bonds is 3. The summed E-state index contributed by atoms with van der Waals surface area (Å²) in [5.74, 6) is -1.57. The van der Waals surface area contributed by atoms with Gasteiger partial charge < -0.3 is 5.11 Å². The van der Waals surface area contributed by atoms with Gasteiger partial charge >= 0.3 is 16.5 Å². The van der Waals surface area contributed by atoms with E-state index in [4.69, 9.17) is 5.11 Å². The number of hydrogen-bond donors (Lipinski definition) is 1. The lowest BCUT2D eigenvalue weighted by Gasteiger charge is -2.05. The van der Waals surface area contributed by atoms with Crippen LogP contribution in [0.4, 0.5) is 7.77 Å². The molecule has 1 rings (SSSR count). The van der Waals surface area contributed by atoms with Crippen molar-refractivity contribution in [2.45, 2.75) is 6.04 Å². The zero-order valence-corrected chi connectivity index (χ0v) is 8.16. The van der Waals surface area contributed by atoms with Crippen LogP contribution in [0.15, 0.2) is 34.7 Å². The summed E-state index contributed by atoms with van der Waals surface area (Å²) in [6.07, 6.45) is 0. The molecule has 1 N–H and O–H groups in total. The molecule has 0 saturated carbocycles. The zero-order valence-electron chi connectivity index (χ0n) is 7.34. The molecule has 0 aliphatic rings. The molecule has 0 aromatic heterocycles. The Kier molecular flexibility index (Phi) is 3.35. The lowest BCUT2D eigenvalue weighted by atomic mass is 10.1. The Labute approximate surface area is 85.3 Å². The minimum absolute atomic E-state index is 0.0630. The standard InChI is InChI=1S/C8H7F2NO3S/c9-15(10,14)11-7(8(12)13)6-4-2-1-3-5-6/h1-5,7H,(H,12,13). The number of hydrogen-bond acceptors (Lipinski definition) is 3. The summed E-state index contributed by atoms with van der Waals surface area (Å²) < 4.78 is 36.8. The molecular formula is C8H7F2NO3S. The highest BCUT2D eigenvalue weighted by molar-refractivity contribution is 7.83. The largest absolute Gasteiger partial charge is 0.479 e. The van der Waals surface area contributed by atoms with Crippen LogP contribution in [0.3, 0.4) is 0 Å². The van der Waals surface area contributed by atoms with Gasteiger partial charge in [0.25, 0.3) is 0 Å². The fourth-order valence-corrected chi connectivity index (χ4v) is 1.46. The van der Waals surface area contributed by atoms with Crippen LogP contribution in [0.25, 0.3) is 0 Å². The Hall–Kier alpha value is -1.50. The Bertz CT molecular complexity index is 460. The van der Waals surface area contributed by atoms with Crippen LogP contribution in [0.1, 0.15) is 11.6 Å². The van der Waals surface area contributed by atoms with Gasteiger partial charge in [-0.1, -0.05) is 38.1 Å². The van der Waals surface area contributed by atoms with Crippen molar-refractivity contribution in [1.82, 2.24) is 0 Å². The summed E-state index contributed by atoms with van der Waals surface area (Å²) in [7, 11) is -5.42. The lowest BCUT2D eigenvalue weighted by molar-refractivity contribution is -0.138. The maximum atomic E-state index is 12.1. The molecule has 0 spiro atoms. The van der Waals surface area contributed by atoms with Crippen LogP contribution >= 0.6 is 0 Å². The van der Waals surface area contributed by atoms with Crippen LogP contribution in [-0.4, -0.2) is 15.3 Å². The van der Waals surface area contributed by atoms with Crippen molar-refractivity contribution >= 4 is 16.5 Å². The van der Waals surface area contributed by atoms with Crippen molar-refractivity contribution in [1.29, 1.82) is 0 Å². The van der Waals surface area contributed by atoms with Crippen LogP contribution in [0.2, 0.25) is 0 Å². The number of carboxylic acid groups (broad SMARTS) is 1. The first-order chi connectivity index (χ1) is 6.90. The van der Waals surface area contributed by atoms with Gasteiger partial charge in [0.2, 0.25) is 0 Å². The van der Waals surface area contributed by atoms with Crippen molar-refractivity contribution in [2.75, 3.05) is 0 Å². The highest BCUT2D eigenvalue weighted by atomic mass is 32.3. The van der Waals surface area contributed by atoms with E-state index in [2.05, 4.69) is 4.36 Å². The molecule has 0 aliphatic carbocycles. The summed E-state index contributed by atoms with van der Waals surface area (Å²) in [6, 6.07) is 5.43. The molecular weight excluding hydrogens is 228 g/mol. The molecule has 0 radical (unpaired) electrons. The third-order valence-electron chi connectivity index (χ3n) is 1.58. The van der Waals surface area contributed by atoms with Gasteiger partial charge in [-0.15, -0.1) is 0 Å². The summed E-state index contributed by atoms with van der Waals surface area (Å²) in [6.45, 7) is 0. The molecule has 82 valence electrons. The van der Waals surface area contributed by atoms with E-state index in [1.54, 1.807) is 6.07 Å². The van der Waals surface area contributed by atoms with Crippen LogP contribution in [0.5, 0.6) is 0 Å². The van der Waals surface area contributed by atoms with Crippen LogP contribution < -0.4 is 0 Å². The topological polar surface area (TPSA) is 66.7 Å². The predicted molar refractivity (Wildman–Crippen MR) is 49.6 cm³/mol. The van der Waals surface area contributed by atoms with Gasteiger partial charge in [0.05, 0.1) is 0 Å². The number of carboxylic acids is 1. The minimum atomic E-state index is -5.42. The molecule has 0 heterocycles. The quantitative estimate of drug-likeness (QED) is 0.815. The first-order valence-electron chi connectivity index (χ1n) is 3.83. The molecule has 1 unspecified atom stereocenters. The maximum absolute atomic E-state index is 12.1. The van der Waals surface area contributed by atoms with E-state index in [0.717, 1.165) is 0 Å². The zero-order chi connectivity index (χ0) is 11.5. The van der Waals surface area contributed by atoms with Gasteiger partial charge in [0.1, 0.15) is 0 Å². The minimum Gasteiger partial charge on any atom is -0.479 e. The molecule has 4 nitrogen and oxygen atoms in total. The van der Waals surface area contributed by atoms with Gasteiger partial charge in [-0.2, -0.15) is 8.57 Å². The number of benzene rings is 1. The second kappa shape index (κ2) is 4.35. The summed E-state index contributed by atoms with van der Waals surface area (Å²) in [5, 5.41) is 8.64. The SMILES string of the molecule is O=C(O)C(N=S(=O)(F)F)c1ccccc1. The Morgan fingerprint density at radius 3 is 2.27 bits per heavy atom. The molecule has 0 bridgehead atoms. The number of aliphatic carboxylic acids is 1. The van der Waals surface area contributed by atoms with Gasteiger partial charge in [-0.25, -0.2) is 4.79 Å². The van der Waals surface area contributed by atoms with Crippen molar-refractivity contribution < 1.29 is 21.9 Å². The fraction of sp³-hybridized carbons (Fsp3) is 0.125. The van der Waals surface area contributed by atoms with E-state index in [1.807, 2.05) is 0 Å². The molecule has 7 heteroatoms. The summed E-state index contributed by atoms with van der Waals surface area (Å²) >= 11 is 0. The van der Waals surface area contributed by atoms with Gasteiger partial charge in [-0.3, -0.25) is 0 Å². The monoisotopic (exact) mass is 235 g/mol. The van der Waals surface area contributed by atoms with Crippen molar-refractivity contribution in [2.24, 2.45) is 4.36 Å². The van der Waals surface area contributed by atoms with E-state index >= 15 is 0 Å². The second-order valence-corrected chi connectivity index (χ2v) is 3.66. The maximum Gasteiger partial charge on any atom is 0.368 e. The Balaban J connectivity index is 3.17. The number of halogens is 2. The Morgan fingerprint density at radius 1 is 1.33 bits per heavy atom. The summed E-state index contributed by atoms with van der Waals surface area (Å²) in [5.41, 5.74) is 0.0630. The lowest BCUT2D eigenvalue weighted by Crippen LogP contribution is -2.09. The highest BCUT2D eigenvalue weighted by Gasteiger charge is 2.21. The smallest absolute Gasteiger partial charge is 0.368 e. The van der Waals surface area contributed by atoms with Crippen molar-refractivity contribution in [3.05, 3.63) is 35.9 Å². The first kappa shape index (κ1) is 11.6. The van der Waals surface area contributed by atoms with Gasteiger partial charge in [0, 0.05) is 0 Å². The van der Waals surface area contributed by atoms with Crippen molar-refractivity contribution in [3.8, 4) is 0 Å². The van der Waals surface area contributed by atoms with Crippen LogP contribution in [0, 0.1) is 0 Å². The second-order valence-electron chi connectivity index (χ2n) is 2.65. The third-order valence-corrected chi connectivity index (χ3v) is 2.03. The van der Waals surface area contributed by atoms with E-state index in [9.17, 15) is 16.8 Å². The molecule has 15 heavy (non-hydrogen) atoms. The number of nitrogens with zero attached hydrogens (tertiary/aromatic N) is 1. The van der Waals surface area contributed by atoms with E-state index in [1.165, 1.54) is 24.3 Å². The van der Waals surface area contributed by atoms with Crippen molar-refractivity contribution in [3.63, 3.8) is 0 Å². The number of carbonyl (C=O) groups is 1.